The van der Waals surface area contributed by atoms with Crippen LogP contribution >= 0.6 is 0 Å². The van der Waals surface area contributed by atoms with E-state index in [9.17, 15) is 4.79 Å². The number of fused-ring (bicyclic) bond motifs is 1. The quantitative estimate of drug-likeness (QED) is 0.696. The monoisotopic (exact) mass is 364 g/mol. The van der Waals surface area contributed by atoms with Crippen molar-refractivity contribution in [2.45, 2.75) is 53.1 Å². The van der Waals surface area contributed by atoms with Crippen LogP contribution in [0.1, 0.15) is 36.7 Å². The number of nitriles is 1. The van der Waals surface area contributed by atoms with E-state index < -0.39 is 0 Å². The second-order valence-corrected chi connectivity index (χ2v) is 6.50. The van der Waals surface area contributed by atoms with Crippen LogP contribution in [0.3, 0.4) is 0 Å². The Balaban J connectivity index is 1.69. The third-order valence-corrected chi connectivity index (χ3v) is 4.79. The second-order valence-electron chi connectivity index (χ2n) is 6.50. The SMILES string of the molecule is CCn1c(NC(=O)CCc2c(C)nn(CCC#N)c2C)nc2ccccc21. The zero-order valence-corrected chi connectivity index (χ0v) is 16.0. The Hall–Kier alpha value is -3.14. The number of amides is 1. The van der Waals surface area contributed by atoms with Gasteiger partial charge in [-0.25, -0.2) is 4.98 Å². The summed E-state index contributed by atoms with van der Waals surface area (Å²) < 4.78 is 3.85. The van der Waals surface area contributed by atoms with Crippen LogP contribution in [0.25, 0.3) is 11.0 Å². The topological polar surface area (TPSA) is 88.5 Å². The molecule has 1 aromatic carbocycles. The summed E-state index contributed by atoms with van der Waals surface area (Å²) in [7, 11) is 0. The van der Waals surface area contributed by atoms with Gasteiger partial charge in [-0.15, -0.1) is 0 Å². The van der Waals surface area contributed by atoms with E-state index in [4.69, 9.17) is 5.26 Å². The summed E-state index contributed by atoms with van der Waals surface area (Å²) in [6.07, 6.45) is 1.40. The first-order valence-electron chi connectivity index (χ1n) is 9.20. The Bertz CT molecular complexity index is 1010. The average molecular weight is 364 g/mol. The van der Waals surface area contributed by atoms with Gasteiger partial charge in [0.05, 0.1) is 35.8 Å². The highest BCUT2D eigenvalue weighted by Gasteiger charge is 2.15. The van der Waals surface area contributed by atoms with Crippen molar-refractivity contribution in [3.63, 3.8) is 0 Å². The number of imidazole rings is 1. The van der Waals surface area contributed by atoms with Crippen LogP contribution < -0.4 is 5.32 Å². The van der Waals surface area contributed by atoms with Gasteiger partial charge in [-0.1, -0.05) is 12.1 Å². The molecule has 2 heterocycles. The molecule has 0 aliphatic rings. The lowest BCUT2D eigenvalue weighted by atomic mass is 10.1. The maximum Gasteiger partial charge on any atom is 0.227 e. The van der Waals surface area contributed by atoms with Crippen molar-refractivity contribution < 1.29 is 4.79 Å². The van der Waals surface area contributed by atoms with Gasteiger partial charge in [0, 0.05) is 18.7 Å². The van der Waals surface area contributed by atoms with Gasteiger partial charge < -0.3 is 4.57 Å². The van der Waals surface area contributed by atoms with E-state index in [2.05, 4.69) is 21.5 Å². The van der Waals surface area contributed by atoms with Crippen molar-refractivity contribution in [3.8, 4) is 6.07 Å². The van der Waals surface area contributed by atoms with Crippen molar-refractivity contribution in [1.29, 1.82) is 5.26 Å². The van der Waals surface area contributed by atoms with Crippen molar-refractivity contribution in [3.05, 3.63) is 41.2 Å². The van der Waals surface area contributed by atoms with Crippen molar-refractivity contribution in [2.24, 2.45) is 0 Å². The Kier molecular flexibility index (Phi) is 5.55. The summed E-state index contributed by atoms with van der Waals surface area (Å²) in [6, 6.07) is 10.00. The normalized spacial score (nSPS) is 10.9. The average Bonchev–Trinajstić information content (AvgIpc) is 3.14. The third-order valence-electron chi connectivity index (χ3n) is 4.79. The standard InChI is InChI=1S/C20H24N6O/c1-4-25-18-9-6-5-8-17(18)22-20(25)23-19(27)11-10-16-14(2)24-26(15(16)3)13-7-12-21/h5-6,8-9H,4,7,10-11,13H2,1-3H3,(H,22,23,27). The largest absolute Gasteiger partial charge is 0.310 e. The molecule has 2 aromatic heterocycles. The van der Waals surface area contributed by atoms with Crippen molar-refractivity contribution in [2.75, 3.05) is 5.32 Å². The van der Waals surface area contributed by atoms with Crippen LogP contribution in [-0.4, -0.2) is 25.2 Å². The lowest BCUT2D eigenvalue weighted by molar-refractivity contribution is -0.116. The van der Waals surface area contributed by atoms with E-state index in [0.29, 0.717) is 31.8 Å². The highest BCUT2D eigenvalue weighted by atomic mass is 16.1. The van der Waals surface area contributed by atoms with Gasteiger partial charge in [0.2, 0.25) is 11.9 Å². The number of carbonyl (C=O) groups excluding carboxylic acids is 1. The lowest BCUT2D eigenvalue weighted by Crippen LogP contribution is -2.16. The van der Waals surface area contributed by atoms with Crippen LogP contribution in [0, 0.1) is 25.2 Å². The molecular formula is C20H24N6O. The number of hydrogen-bond donors (Lipinski definition) is 1. The summed E-state index contributed by atoms with van der Waals surface area (Å²) in [4.78, 5) is 17.0. The Morgan fingerprint density at radius 3 is 2.81 bits per heavy atom. The van der Waals surface area contributed by atoms with E-state index in [1.807, 2.05) is 54.3 Å². The number of nitrogens with zero attached hydrogens (tertiary/aromatic N) is 5. The number of aromatic nitrogens is 4. The smallest absolute Gasteiger partial charge is 0.227 e. The van der Waals surface area contributed by atoms with Gasteiger partial charge in [-0.05, 0) is 44.9 Å². The summed E-state index contributed by atoms with van der Waals surface area (Å²) in [6.45, 7) is 7.28. The van der Waals surface area contributed by atoms with E-state index in [-0.39, 0.29) is 5.91 Å². The molecule has 3 rings (SSSR count). The number of hydrogen-bond acceptors (Lipinski definition) is 4. The number of nitrogens with one attached hydrogen (secondary N) is 1. The zero-order chi connectivity index (χ0) is 19.4. The molecule has 0 fully saturated rings. The summed E-state index contributed by atoms with van der Waals surface area (Å²) in [5.41, 5.74) is 4.91. The summed E-state index contributed by atoms with van der Waals surface area (Å²) in [5, 5.41) is 16.2. The first-order chi connectivity index (χ1) is 13.0. The number of para-hydroxylation sites is 2. The van der Waals surface area contributed by atoms with E-state index >= 15 is 0 Å². The molecule has 0 aliphatic heterocycles. The first kappa shape index (κ1) is 18.6. The molecule has 0 aliphatic carbocycles. The zero-order valence-electron chi connectivity index (χ0n) is 16.0. The highest BCUT2D eigenvalue weighted by molar-refractivity contribution is 5.91. The maximum atomic E-state index is 12.5. The van der Waals surface area contributed by atoms with E-state index in [0.717, 1.165) is 34.5 Å². The molecule has 1 amide bonds. The number of aryl methyl sites for hydroxylation is 3. The Morgan fingerprint density at radius 1 is 1.30 bits per heavy atom. The molecule has 0 saturated carbocycles. The van der Waals surface area contributed by atoms with Crippen LogP contribution in [-0.2, 0) is 24.3 Å². The summed E-state index contributed by atoms with van der Waals surface area (Å²) in [5.74, 6) is 0.519. The molecule has 0 atom stereocenters. The fourth-order valence-corrected chi connectivity index (χ4v) is 3.39. The molecule has 7 nitrogen and oxygen atoms in total. The minimum absolute atomic E-state index is 0.0661. The molecule has 140 valence electrons. The van der Waals surface area contributed by atoms with Crippen LogP contribution in [0.2, 0.25) is 0 Å². The molecule has 27 heavy (non-hydrogen) atoms. The Morgan fingerprint density at radius 2 is 2.07 bits per heavy atom. The van der Waals surface area contributed by atoms with Crippen LogP contribution in [0.5, 0.6) is 0 Å². The third kappa shape index (κ3) is 3.85. The van der Waals surface area contributed by atoms with Gasteiger partial charge in [0.1, 0.15) is 0 Å². The molecule has 3 aromatic rings. The van der Waals surface area contributed by atoms with Gasteiger partial charge in [-0.2, -0.15) is 10.4 Å². The maximum absolute atomic E-state index is 12.5. The molecule has 0 bridgehead atoms. The fraction of sp³-hybridized carbons (Fsp3) is 0.400. The highest BCUT2D eigenvalue weighted by Crippen LogP contribution is 2.20. The second kappa shape index (κ2) is 8.04. The van der Waals surface area contributed by atoms with Gasteiger partial charge in [-0.3, -0.25) is 14.8 Å². The number of rotatable bonds is 7. The van der Waals surface area contributed by atoms with Crippen molar-refractivity contribution in [1.82, 2.24) is 19.3 Å². The molecule has 0 spiro atoms. The summed E-state index contributed by atoms with van der Waals surface area (Å²) >= 11 is 0. The minimum Gasteiger partial charge on any atom is -0.310 e. The van der Waals surface area contributed by atoms with Gasteiger partial charge in [0.15, 0.2) is 0 Å². The number of carbonyl (C=O) groups is 1. The molecular weight excluding hydrogens is 340 g/mol. The van der Waals surface area contributed by atoms with Gasteiger partial charge >= 0.3 is 0 Å². The van der Waals surface area contributed by atoms with Crippen LogP contribution in [0.4, 0.5) is 5.95 Å². The number of anilines is 1. The molecule has 7 heteroatoms. The predicted octanol–water partition coefficient (Wildman–Crippen LogP) is 3.35. The van der Waals surface area contributed by atoms with Crippen molar-refractivity contribution >= 4 is 22.9 Å². The van der Waals surface area contributed by atoms with Gasteiger partial charge in [0.25, 0.3) is 0 Å². The lowest BCUT2D eigenvalue weighted by Gasteiger charge is -2.08. The van der Waals surface area contributed by atoms with E-state index in [1.54, 1.807) is 0 Å². The van der Waals surface area contributed by atoms with Crippen LogP contribution in [0.15, 0.2) is 24.3 Å². The fourth-order valence-electron chi connectivity index (χ4n) is 3.39. The Labute approximate surface area is 158 Å². The minimum atomic E-state index is -0.0661. The molecule has 0 saturated heterocycles. The first-order valence-corrected chi connectivity index (χ1v) is 9.20. The van der Waals surface area contributed by atoms with E-state index in [1.165, 1.54) is 0 Å². The predicted molar refractivity (Wildman–Crippen MR) is 104 cm³/mol. The number of benzene rings is 1. The molecule has 0 radical (unpaired) electrons. The molecule has 0 unspecified atom stereocenters. The molecule has 1 N–H and O–H groups in total.